The van der Waals surface area contributed by atoms with Crippen molar-refractivity contribution < 1.29 is 14.4 Å². The average Bonchev–Trinajstić information content (AvgIpc) is 2.63. The second kappa shape index (κ2) is 4.69. The molecular formula is C11H11N3O3S. The van der Waals surface area contributed by atoms with Gasteiger partial charge >= 0.3 is 0 Å². The van der Waals surface area contributed by atoms with Crippen molar-refractivity contribution in [1.29, 1.82) is 0 Å². The van der Waals surface area contributed by atoms with Crippen molar-refractivity contribution in [2.24, 2.45) is 5.73 Å². The monoisotopic (exact) mass is 265 g/mol. The van der Waals surface area contributed by atoms with Gasteiger partial charge in [-0.1, -0.05) is 17.8 Å². The predicted octanol–water partition coefficient (Wildman–Crippen LogP) is 0.563. The fourth-order valence-electron chi connectivity index (χ4n) is 1.60. The number of carbonyl (C=O) groups is 3. The highest BCUT2D eigenvalue weighted by atomic mass is 32.2. The number of hydrogen-bond donors (Lipinski definition) is 2. The second-order valence-electron chi connectivity index (χ2n) is 3.81. The first kappa shape index (κ1) is 12.4. The van der Waals surface area contributed by atoms with Gasteiger partial charge in [0.15, 0.2) is 0 Å². The molecule has 1 saturated heterocycles. The number of primary amides is 1. The van der Waals surface area contributed by atoms with Gasteiger partial charge in [0, 0.05) is 11.3 Å². The fraction of sp³-hybridized carbons (Fsp3) is 0.182. The molecular weight excluding hydrogens is 254 g/mol. The molecule has 0 spiro atoms. The molecule has 0 aliphatic carbocycles. The van der Waals surface area contributed by atoms with Gasteiger partial charge in [-0.25, -0.2) is 0 Å². The topological polar surface area (TPSA) is 106 Å². The van der Waals surface area contributed by atoms with Crippen LogP contribution in [0.3, 0.4) is 0 Å². The number of nitrogens with two attached hydrogens (primary N) is 2. The Morgan fingerprint density at radius 3 is 2.61 bits per heavy atom. The van der Waals surface area contributed by atoms with Gasteiger partial charge in [0.2, 0.25) is 11.8 Å². The molecule has 1 aliphatic rings. The van der Waals surface area contributed by atoms with Crippen molar-refractivity contribution in [1.82, 2.24) is 4.90 Å². The van der Waals surface area contributed by atoms with E-state index in [4.69, 9.17) is 11.5 Å². The predicted molar refractivity (Wildman–Crippen MR) is 67.8 cm³/mol. The molecule has 4 N–H and O–H groups in total. The number of hydrogen-bond acceptors (Lipinski definition) is 5. The molecule has 94 valence electrons. The van der Waals surface area contributed by atoms with Crippen molar-refractivity contribution in [3.63, 3.8) is 0 Å². The summed E-state index contributed by atoms with van der Waals surface area (Å²) in [5.74, 6) is -0.640. The number of anilines is 1. The van der Waals surface area contributed by atoms with Crippen LogP contribution in [-0.2, 0) is 11.3 Å². The first-order chi connectivity index (χ1) is 8.49. The summed E-state index contributed by atoms with van der Waals surface area (Å²) in [5, 5.41) is -0.279. The highest BCUT2D eigenvalue weighted by Gasteiger charge is 2.30. The summed E-state index contributed by atoms with van der Waals surface area (Å²) < 4.78 is 0. The Kier molecular flexibility index (Phi) is 3.24. The van der Waals surface area contributed by atoms with E-state index in [0.29, 0.717) is 16.8 Å². The zero-order valence-electron chi connectivity index (χ0n) is 9.38. The Morgan fingerprint density at radius 2 is 2.11 bits per heavy atom. The number of imide groups is 1. The molecule has 0 radical (unpaired) electrons. The smallest absolute Gasteiger partial charge is 0.289 e. The van der Waals surface area contributed by atoms with Crippen LogP contribution in [0.5, 0.6) is 0 Å². The van der Waals surface area contributed by atoms with Gasteiger partial charge in [0.05, 0.1) is 12.3 Å². The first-order valence-corrected chi connectivity index (χ1v) is 6.13. The zero-order valence-corrected chi connectivity index (χ0v) is 10.2. The molecule has 0 saturated carbocycles. The van der Waals surface area contributed by atoms with Crippen LogP contribution in [-0.4, -0.2) is 27.7 Å². The number of thioether (sulfide) groups is 1. The molecule has 0 bridgehead atoms. The van der Waals surface area contributed by atoms with E-state index in [0.717, 1.165) is 16.7 Å². The minimum absolute atomic E-state index is 0.121. The van der Waals surface area contributed by atoms with Crippen molar-refractivity contribution in [2.75, 3.05) is 11.5 Å². The van der Waals surface area contributed by atoms with Crippen LogP contribution in [0.25, 0.3) is 0 Å². The Morgan fingerprint density at radius 1 is 1.39 bits per heavy atom. The van der Waals surface area contributed by atoms with Gasteiger partial charge in [0.25, 0.3) is 5.24 Å². The first-order valence-electron chi connectivity index (χ1n) is 5.14. The van der Waals surface area contributed by atoms with E-state index in [9.17, 15) is 14.4 Å². The maximum absolute atomic E-state index is 11.4. The lowest BCUT2D eigenvalue weighted by Crippen LogP contribution is -2.28. The molecule has 1 fully saturated rings. The van der Waals surface area contributed by atoms with Crippen LogP contribution >= 0.6 is 11.8 Å². The summed E-state index contributed by atoms with van der Waals surface area (Å²) in [6, 6.07) is 4.56. The maximum Gasteiger partial charge on any atom is 0.289 e. The van der Waals surface area contributed by atoms with Crippen LogP contribution in [0, 0.1) is 0 Å². The highest BCUT2D eigenvalue weighted by molar-refractivity contribution is 8.14. The Labute approximate surface area is 107 Å². The molecule has 7 heteroatoms. The summed E-state index contributed by atoms with van der Waals surface area (Å²) in [7, 11) is 0. The number of nitrogens with zero attached hydrogens (tertiary/aromatic N) is 1. The number of benzene rings is 1. The SMILES string of the molecule is NC(=O)c1ccc(CN2C(=O)CSC2=O)c(N)c1. The zero-order chi connectivity index (χ0) is 13.3. The molecule has 3 amide bonds. The lowest BCUT2D eigenvalue weighted by atomic mass is 10.1. The van der Waals surface area contributed by atoms with Gasteiger partial charge in [-0.2, -0.15) is 0 Å². The summed E-state index contributed by atoms with van der Waals surface area (Å²) in [4.78, 5) is 35.0. The summed E-state index contributed by atoms with van der Waals surface area (Å²) >= 11 is 0.969. The molecule has 6 nitrogen and oxygen atoms in total. The molecule has 1 aromatic rings. The third-order valence-corrected chi connectivity index (χ3v) is 3.46. The number of amides is 3. The standard InChI is InChI=1S/C11H11N3O3S/c12-8-3-6(10(13)16)1-2-7(8)4-14-9(15)5-18-11(14)17/h1-3H,4-5,12H2,(H2,13,16). The minimum Gasteiger partial charge on any atom is -0.398 e. The van der Waals surface area contributed by atoms with Crippen molar-refractivity contribution in [2.45, 2.75) is 6.54 Å². The molecule has 0 atom stereocenters. The molecule has 0 unspecified atom stereocenters. The van der Waals surface area contributed by atoms with Crippen LogP contribution in [0.15, 0.2) is 18.2 Å². The molecule has 2 rings (SSSR count). The van der Waals surface area contributed by atoms with Gasteiger partial charge in [-0.3, -0.25) is 19.3 Å². The van der Waals surface area contributed by atoms with Crippen LogP contribution in [0.2, 0.25) is 0 Å². The Balaban J connectivity index is 2.22. The number of rotatable bonds is 3. The third kappa shape index (κ3) is 2.30. The van der Waals surface area contributed by atoms with E-state index >= 15 is 0 Å². The summed E-state index contributed by atoms with van der Waals surface area (Å²) in [5.41, 5.74) is 12.1. The van der Waals surface area contributed by atoms with E-state index in [2.05, 4.69) is 0 Å². The van der Waals surface area contributed by atoms with E-state index in [1.807, 2.05) is 0 Å². The largest absolute Gasteiger partial charge is 0.398 e. The van der Waals surface area contributed by atoms with Crippen molar-refractivity contribution in [3.8, 4) is 0 Å². The Hall–Kier alpha value is -2.02. The molecule has 1 aliphatic heterocycles. The van der Waals surface area contributed by atoms with Gasteiger partial charge < -0.3 is 11.5 Å². The second-order valence-corrected chi connectivity index (χ2v) is 4.74. The number of carbonyl (C=O) groups excluding carboxylic acids is 3. The van der Waals surface area contributed by atoms with Gasteiger partial charge in [-0.05, 0) is 17.7 Å². The molecule has 0 aromatic heterocycles. The normalized spacial score (nSPS) is 15.2. The summed E-state index contributed by atoms with van der Waals surface area (Å²) in [6.07, 6.45) is 0. The molecule has 18 heavy (non-hydrogen) atoms. The highest BCUT2D eigenvalue weighted by Crippen LogP contribution is 2.23. The average molecular weight is 265 g/mol. The fourth-order valence-corrected chi connectivity index (χ4v) is 2.32. The lowest BCUT2D eigenvalue weighted by Gasteiger charge is -2.14. The molecule has 1 heterocycles. The quantitative estimate of drug-likeness (QED) is 0.777. The van der Waals surface area contributed by atoms with Crippen LogP contribution in [0.4, 0.5) is 10.5 Å². The minimum atomic E-state index is -0.572. The van der Waals surface area contributed by atoms with E-state index in [-0.39, 0.29) is 23.4 Å². The van der Waals surface area contributed by atoms with Crippen LogP contribution < -0.4 is 11.5 Å². The van der Waals surface area contributed by atoms with E-state index in [1.54, 1.807) is 6.07 Å². The maximum atomic E-state index is 11.4. The molecule has 1 aromatic carbocycles. The van der Waals surface area contributed by atoms with Crippen LogP contribution in [0.1, 0.15) is 15.9 Å². The summed E-state index contributed by atoms with van der Waals surface area (Å²) in [6.45, 7) is 0.121. The van der Waals surface area contributed by atoms with Crippen molar-refractivity contribution >= 4 is 34.5 Å². The van der Waals surface area contributed by atoms with E-state index < -0.39 is 5.91 Å². The third-order valence-electron chi connectivity index (χ3n) is 2.60. The van der Waals surface area contributed by atoms with Gasteiger partial charge in [-0.15, -0.1) is 0 Å². The van der Waals surface area contributed by atoms with E-state index in [1.165, 1.54) is 12.1 Å². The van der Waals surface area contributed by atoms with Crippen molar-refractivity contribution in [3.05, 3.63) is 29.3 Å². The lowest BCUT2D eigenvalue weighted by molar-refractivity contribution is -0.125. The Bertz CT molecular complexity index is 528. The van der Waals surface area contributed by atoms with Gasteiger partial charge in [0.1, 0.15) is 0 Å². The number of nitrogen functional groups attached to an aromatic ring is 1.